The highest BCUT2D eigenvalue weighted by Gasteiger charge is 2.19. The van der Waals surface area contributed by atoms with Crippen molar-refractivity contribution < 1.29 is 22.1 Å². The minimum Gasteiger partial charge on any atom is -0.493 e. The predicted octanol–water partition coefficient (Wildman–Crippen LogP) is 3.14. The zero-order valence-electron chi connectivity index (χ0n) is 16.2. The molecular weight excluding hydrogens is 356 g/mol. The molecule has 0 spiro atoms. The van der Waals surface area contributed by atoms with Crippen LogP contribution in [-0.4, -0.2) is 44.8 Å². The molecule has 1 N–H and O–H groups in total. The molecule has 0 aliphatic rings. The Labute approximate surface area is 156 Å². The molecule has 0 unspecified atom stereocenters. The summed E-state index contributed by atoms with van der Waals surface area (Å²) in [6.07, 6.45) is 1.93. The molecule has 26 heavy (non-hydrogen) atoms. The van der Waals surface area contributed by atoms with Crippen LogP contribution in [0.5, 0.6) is 11.5 Å². The molecular formula is C18H30N2O5S. The molecule has 0 heterocycles. The maximum Gasteiger partial charge on any atom is 0.317 e. The molecule has 0 aromatic heterocycles. The Balaban J connectivity index is 3.00. The van der Waals surface area contributed by atoms with Gasteiger partial charge in [-0.3, -0.25) is 0 Å². The van der Waals surface area contributed by atoms with Crippen LogP contribution in [-0.2, 0) is 16.7 Å². The highest BCUT2D eigenvalue weighted by Crippen LogP contribution is 2.30. The van der Waals surface area contributed by atoms with E-state index in [1.54, 1.807) is 23.1 Å². The Hall–Kier alpha value is -1.96. The summed E-state index contributed by atoms with van der Waals surface area (Å²) in [5, 5.41) is 2.90. The quantitative estimate of drug-likeness (QED) is 0.493. The van der Waals surface area contributed by atoms with Gasteiger partial charge in [-0.25, -0.2) is 4.79 Å². The second-order valence-electron chi connectivity index (χ2n) is 6.22. The molecule has 0 aliphatic carbocycles. The monoisotopic (exact) mass is 386 g/mol. The highest BCUT2D eigenvalue weighted by atomic mass is 32.2. The number of urea groups is 1. The van der Waals surface area contributed by atoms with Crippen LogP contribution >= 0.6 is 0 Å². The van der Waals surface area contributed by atoms with Crippen molar-refractivity contribution in [3.05, 3.63) is 23.8 Å². The average Bonchev–Trinajstić information content (AvgIpc) is 2.59. The van der Waals surface area contributed by atoms with E-state index in [2.05, 4.69) is 12.2 Å². The van der Waals surface area contributed by atoms with E-state index in [4.69, 9.17) is 8.92 Å². The molecule has 8 heteroatoms. The number of benzene rings is 1. The smallest absolute Gasteiger partial charge is 0.317 e. The number of carbonyl (C=O) groups is 1. The summed E-state index contributed by atoms with van der Waals surface area (Å²) in [6, 6.07) is 4.87. The van der Waals surface area contributed by atoms with Gasteiger partial charge in [0.1, 0.15) is 0 Å². The molecule has 148 valence electrons. The lowest BCUT2D eigenvalue weighted by atomic mass is 10.1. The molecule has 1 aromatic rings. The standard InChI is InChI=1S/C18H30N2O5S/c1-6-8-11-19-18(21)20(14(3)4)13-15-9-10-16(24-5)17(12-15)25-26(22,23)7-2/h9-10,12,14H,6-8,11,13H2,1-5H3,(H,19,21). The van der Waals surface area contributed by atoms with Gasteiger partial charge >= 0.3 is 16.1 Å². The van der Waals surface area contributed by atoms with Crippen molar-refractivity contribution in [2.75, 3.05) is 19.4 Å². The average molecular weight is 387 g/mol. The Morgan fingerprint density at radius 1 is 1.23 bits per heavy atom. The highest BCUT2D eigenvalue weighted by molar-refractivity contribution is 7.87. The lowest BCUT2D eigenvalue weighted by molar-refractivity contribution is 0.179. The molecule has 0 radical (unpaired) electrons. The van der Waals surface area contributed by atoms with Crippen molar-refractivity contribution in [3.63, 3.8) is 0 Å². The topological polar surface area (TPSA) is 84.9 Å². The minimum atomic E-state index is -3.67. The number of hydrogen-bond donors (Lipinski definition) is 1. The Morgan fingerprint density at radius 2 is 1.92 bits per heavy atom. The third kappa shape index (κ3) is 6.74. The van der Waals surface area contributed by atoms with E-state index in [0.29, 0.717) is 18.8 Å². The number of carbonyl (C=O) groups excluding carboxylic acids is 1. The Kier molecular flexibility index (Phi) is 8.71. The summed E-state index contributed by atoms with van der Waals surface area (Å²) in [5.74, 6) is 0.314. The normalized spacial score (nSPS) is 11.3. The fourth-order valence-corrected chi connectivity index (χ4v) is 2.76. The maximum absolute atomic E-state index is 12.4. The molecule has 0 atom stereocenters. The number of hydrogen-bond acceptors (Lipinski definition) is 5. The minimum absolute atomic E-state index is 0.0116. The summed E-state index contributed by atoms with van der Waals surface area (Å²) < 4.78 is 33.9. The SMILES string of the molecule is CCCCNC(=O)N(Cc1ccc(OC)c(OS(=O)(=O)CC)c1)C(C)C. The van der Waals surface area contributed by atoms with Gasteiger partial charge in [-0.1, -0.05) is 19.4 Å². The predicted molar refractivity (Wildman–Crippen MR) is 102 cm³/mol. The molecule has 0 saturated heterocycles. The van der Waals surface area contributed by atoms with Gasteiger partial charge in [-0.15, -0.1) is 0 Å². The molecule has 0 bridgehead atoms. The first kappa shape index (κ1) is 22.1. The molecule has 0 aliphatic heterocycles. The van der Waals surface area contributed by atoms with Crippen molar-refractivity contribution >= 4 is 16.1 Å². The fraction of sp³-hybridized carbons (Fsp3) is 0.611. The second kappa shape index (κ2) is 10.3. The first-order valence-electron chi connectivity index (χ1n) is 8.87. The van der Waals surface area contributed by atoms with Crippen LogP contribution < -0.4 is 14.2 Å². The van der Waals surface area contributed by atoms with E-state index in [1.807, 2.05) is 13.8 Å². The van der Waals surface area contributed by atoms with E-state index in [0.717, 1.165) is 18.4 Å². The van der Waals surface area contributed by atoms with E-state index >= 15 is 0 Å². The van der Waals surface area contributed by atoms with Crippen LogP contribution in [0, 0.1) is 0 Å². The summed E-state index contributed by atoms with van der Waals surface area (Å²) in [7, 11) is -2.22. The van der Waals surface area contributed by atoms with Gasteiger partial charge in [0.2, 0.25) is 0 Å². The third-order valence-electron chi connectivity index (χ3n) is 3.84. The van der Waals surface area contributed by atoms with Gasteiger partial charge in [0.15, 0.2) is 11.5 Å². The Bertz CT molecular complexity index is 689. The van der Waals surface area contributed by atoms with E-state index in [9.17, 15) is 13.2 Å². The van der Waals surface area contributed by atoms with Gasteiger partial charge in [0.25, 0.3) is 0 Å². The summed E-state index contributed by atoms with van der Waals surface area (Å²) in [6.45, 7) is 8.40. The second-order valence-corrected chi connectivity index (χ2v) is 8.08. The zero-order valence-corrected chi connectivity index (χ0v) is 17.1. The van der Waals surface area contributed by atoms with E-state index < -0.39 is 10.1 Å². The zero-order chi connectivity index (χ0) is 19.7. The van der Waals surface area contributed by atoms with Crippen LogP contribution in [0.2, 0.25) is 0 Å². The van der Waals surface area contributed by atoms with Crippen molar-refractivity contribution in [2.45, 2.75) is 53.1 Å². The number of nitrogens with zero attached hydrogens (tertiary/aromatic N) is 1. The first-order valence-corrected chi connectivity index (χ1v) is 10.4. The van der Waals surface area contributed by atoms with Crippen LogP contribution in [0.15, 0.2) is 18.2 Å². The molecule has 7 nitrogen and oxygen atoms in total. The molecule has 2 amide bonds. The van der Waals surface area contributed by atoms with Gasteiger partial charge in [0, 0.05) is 19.1 Å². The number of amides is 2. The molecule has 1 rings (SSSR count). The number of methoxy groups -OCH3 is 1. The molecule has 0 fully saturated rings. The van der Waals surface area contributed by atoms with E-state index in [-0.39, 0.29) is 23.6 Å². The lowest BCUT2D eigenvalue weighted by Crippen LogP contribution is -2.43. The number of ether oxygens (including phenoxy) is 1. The number of unbranched alkanes of at least 4 members (excludes halogenated alkanes) is 1. The largest absolute Gasteiger partial charge is 0.493 e. The van der Waals surface area contributed by atoms with Gasteiger partial charge in [0.05, 0.1) is 12.9 Å². The van der Waals surface area contributed by atoms with Crippen molar-refractivity contribution in [3.8, 4) is 11.5 Å². The number of nitrogens with one attached hydrogen (secondary N) is 1. The number of rotatable bonds is 10. The van der Waals surface area contributed by atoms with Crippen LogP contribution in [0.3, 0.4) is 0 Å². The van der Waals surface area contributed by atoms with Crippen molar-refractivity contribution in [1.82, 2.24) is 10.2 Å². The summed E-state index contributed by atoms with van der Waals surface area (Å²) in [4.78, 5) is 14.1. The van der Waals surface area contributed by atoms with Crippen LogP contribution in [0.1, 0.15) is 46.1 Å². The summed E-state index contributed by atoms with van der Waals surface area (Å²) >= 11 is 0. The third-order valence-corrected chi connectivity index (χ3v) is 4.98. The fourth-order valence-electron chi connectivity index (χ4n) is 2.24. The van der Waals surface area contributed by atoms with Gasteiger partial charge < -0.3 is 19.1 Å². The van der Waals surface area contributed by atoms with Gasteiger partial charge in [-0.05, 0) is 44.9 Å². The molecule has 1 aromatic carbocycles. The molecule has 0 saturated carbocycles. The van der Waals surface area contributed by atoms with Crippen LogP contribution in [0.4, 0.5) is 4.79 Å². The first-order chi connectivity index (χ1) is 12.2. The van der Waals surface area contributed by atoms with Crippen molar-refractivity contribution in [2.24, 2.45) is 0 Å². The van der Waals surface area contributed by atoms with E-state index in [1.165, 1.54) is 14.0 Å². The van der Waals surface area contributed by atoms with Crippen molar-refractivity contribution in [1.29, 1.82) is 0 Å². The maximum atomic E-state index is 12.4. The summed E-state index contributed by atoms with van der Waals surface area (Å²) in [5.41, 5.74) is 0.756. The van der Waals surface area contributed by atoms with Crippen LogP contribution in [0.25, 0.3) is 0 Å². The lowest BCUT2D eigenvalue weighted by Gasteiger charge is -2.27. The van der Waals surface area contributed by atoms with Gasteiger partial charge in [-0.2, -0.15) is 8.42 Å². The Morgan fingerprint density at radius 3 is 2.46 bits per heavy atom.